The summed E-state index contributed by atoms with van der Waals surface area (Å²) in [5.41, 5.74) is 26.1. The Bertz CT molecular complexity index is 5760. The van der Waals surface area contributed by atoms with E-state index in [1.807, 2.05) is 227 Å². The van der Waals surface area contributed by atoms with E-state index in [2.05, 4.69) is 441 Å². The summed E-state index contributed by atoms with van der Waals surface area (Å²) in [5.74, 6) is 1.18. The van der Waals surface area contributed by atoms with Gasteiger partial charge in [-0.05, 0) is 161 Å². The largest absolute Gasteiger partial charge is 0.359 e. The van der Waals surface area contributed by atoms with Crippen LogP contribution in [0.3, 0.4) is 0 Å². The molecule has 9 heterocycles. The van der Waals surface area contributed by atoms with Gasteiger partial charge >= 0.3 is 0 Å². The van der Waals surface area contributed by atoms with Crippen molar-refractivity contribution in [3.05, 3.63) is 337 Å². The second kappa shape index (κ2) is 80.5. The minimum atomic E-state index is 0. The topological polar surface area (TPSA) is 45.4 Å². The summed E-state index contributed by atoms with van der Waals surface area (Å²) >= 11 is 0. The van der Waals surface area contributed by atoms with E-state index in [-0.39, 0.29) is 44.6 Å². The summed E-state index contributed by atoms with van der Waals surface area (Å²) in [5, 5.41) is 6.57. The first kappa shape index (κ1) is 144. The molecule has 784 valence electrons. The van der Waals surface area contributed by atoms with Crippen LogP contribution in [0.4, 0.5) is 28.4 Å². The fourth-order valence-electron chi connectivity index (χ4n) is 15.6. The lowest BCUT2D eigenvalue weighted by Crippen LogP contribution is -2.36. The van der Waals surface area contributed by atoms with Gasteiger partial charge in [0, 0.05) is 102 Å². The maximum atomic E-state index is 2.47. The van der Waals surface area contributed by atoms with Crippen LogP contribution in [-0.4, -0.2) is 63.2 Å². The maximum Gasteiger partial charge on any atom is 0.286 e. The standard InChI is InChI=1S/C19H17N2.C18H18N2.C17H15N2.C16H18N2.C12H16N2.C11H13N2.15C2H6.6CH4/c1-14-8-7-10-16-15-9-3-4-11-17(15)21(19(14)16)18-12-5-6-13-20(18)2;1-12-7-6-10-16-14-8-4-5-9-15(14)17-11-19(3)13(2)20(17)18(12)16;1-12-6-5-9-15-13-7-3-4-8-14(13)16-10-11-18(2)19(16)17(12)15;1-12-8-4-5-9-14(12)18-13(2)17(3)15-10-6-7-11-16(15)18;1-10-6-4-5-7-12(10)14-9-8-13(3)11(14)2;1-10-6-3-4-7-11(10)13-9-5-8-12(13)2;15*1-2;;;;;;/h3-13H,1-2H3;4-11,13H,1-3H3;3-11H,1-2H3;4-11,13H,1-3H3;4-9,11H,1-3H3;3-9H,1-2H3;15*1-2H3;6*1H4/q+1;;+1;;;+1;;;;;;;;;;;;;;;;;;;;;/t;13-;;13-;11-;;;;;;;;;;;;;;;;;;;;;;/m.0.00....................../s1. The van der Waals surface area contributed by atoms with Crippen LogP contribution in [0.2, 0.25) is 0 Å². The molecule has 0 unspecified atom stereocenters. The zero-order valence-corrected chi connectivity index (χ0v) is 93.4. The summed E-state index contributed by atoms with van der Waals surface area (Å²) < 4.78 is 13.2. The van der Waals surface area contributed by atoms with Crippen LogP contribution in [0.25, 0.3) is 77.3 Å². The number of hydrogen-bond donors (Lipinski definition) is 0. The monoisotopic (exact) mass is 1930 g/mol. The van der Waals surface area contributed by atoms with Crippen molar-refractivity contribution in [2.24, 2.45) is 21.1 Å². The summed E-state index contributed by atoms with van der Waals surface area (Å²) in [6, 6.07) is 90.1. The molecule has 4 aliphatic rings. The van der Waals surface area contributed by atoms with Gasteiger partial charge < -0.3 is 29.4 Å². The smallest absolute Gasteiger partial charge is 0.286 e. The average Bonchev–Trinajstić information content (AvgIpc) is 1.61. The molecule has 0 saturated carbocycles. The van der Waals surface area contributed by atoms with Crippen LogP contribution in [-0.2, 0) is 21.1 Å². The van der Waals surface area contributed by atoms with Gasteiger partial charge in [-0.1, -0.05) is 434 Å². The molecule has 12 nitrogen and oxygen atoms in total. The van der Waals surface area contributed by atoms with Crippen LogP contribution < -0.4 is 33.5 Å². The summed E-state index contributed by atoms with van der Waals surface area (Å²) in [6.45, 7) is 79.7. The number of aromatic nitrogens is 6. The molecule has 0 saturated heterocycles. The molecule has 10 aromatic carbocycles. The normalized spacial score (nSPS) is 12.0. The second-order valence-electron chi connectivity index (χ2n) is 28.2. The number of pyridine rings is 2. The van der Waals surface area contributed by atoms with E-state index in [0.717, 1.165) is 0 Å². The molecule has 5 aromatic heterocycles. The van der Waals surface area contributed by atoms with Crippen molar-refractivity contribution in [2.75, 3.05) is 40.7 Å². The van der Waals surface area contributed by atoms with Crippen molar-refractivity contribution < 1.29 is 13.9 Å². The number of anilines is 5. The van der Waals surface area contributed by atoms with Crippen molar-refractivity contribution in [3.63, 3.8) is 0 Å². The Labute approximate surface area is 869 Å². The van der Waals surface area contributed by atoms with Crippen LogP contribution in [0.5, 0.6) is 0 Å². The predicted molar refractivity (Wildman–Crippen MR) is 649 cm³/mol. The van der Waals surface area contributed by atoms with Gasteiger partial charge in [0.15, 0.2) is 26.5 Å². The third-order valence-electron chi connectivity index (χ3n) is 21.5. The van der Waals surface area contributed by atoms with Crippen molar-refractivity contribution in [1.29, 1.82) is 0 Å². The average molecular weight is 1930 g/mol. The molecule has 12 heteroatoms. The number of rotatable bonds is 4. The summed E-state index contributed by atoms with van der Waals surface area (Å²) in [7, 11) is 12.6. The molecule has 19 rings (SSSR count). The molecule has 0 N–H and O–H groups in total. The van der Waals surface area contributed by atoms with E-state index >= 15 is 0 Å². The lowest BCUT2D eigenvalue weighted by atomic mass is 9.90. The Kier molecular flexibility index (Phi) is 82.3. The first-order chi connectivity index (χ1) is 65.9. The molecule has 0 spiro atoms. The van der Waals surface area contributed by atoms with E-state index in [1.165, 1.54) is 145 Å². The SMILES string of the molecule is C.C.C.C.C.C.CC.CC.CC.CC.CC.CC.CC.CC.CC.CC.CC.CC.CC.CC.CC.Cc1cccc2c1N1C(=CN(C)[C@@H]1C)c1ccccc1-2.Cc1cccc2c3ccccc3c3cc[n+](C)n3c12.Cc1cccc2c3ccccc3n(-c3cccc[n+]3C)c12.Cc1ccccc1-n1ccc[n+]1C.Cc1ccccc1N1C=CN(C)[C@@H]1C.Cc1ccccc1N1c2ccccc2N(C)[C@@H]1C. The third kappa shape index (κ3) is 35.8. The summed E-state index contributed by atoms with van der Waals surface area (Å²) in [4.78, 5) is 14.0. The van der Waals surface area contributed by atoms with Gasteiger partial charge in [-0.3, -0.25) is 0 Å². The Morgan fingerprint density at radius 1 is 0.262 bits per heavy atom. The molecule has 4 aliphatic heterocycles. The highest BCUT2D eigenvalue weighted by atomic mass is 15.4. The molecule has 0 fully saturated rings. The molecule has 3 atom stereocenters. The van der Waals surface area contributed by atoms with Gasteiger partial charge in [0.1, 0.15) is 46.3 Å². The number of hydrogen-bond acceptors (Lipinski definition) is 6. The van der Waals surface area contributed by atoms with E-state index < -0.39 is 0 Å². The van der Waals surface area contributed by atoms with E-state index in [1.54, 1.807) is 0 Å². The lowest BCUT2D eigenvalue weighted by molar-refractivity contribution is -0.744. The van der Waals surface area contributed by atoms with Crippen LogP contribution in [0.1, 0.15) is 312 Å². The molecule has 0 radical (unpaired) electrons. The molecular formula is C129H211N12+3. The third-order valence-corrected chi connectivity index (χ3v) is 21.5. The zero-order chi connectivity index (χ0) is 103. The number of benzene rings is 10. The molecule has 0 aliphatic carbocycles. The minimum absolute atomic E-state index is 0. The van der Waals surface area contributed by atoms with Gasteiger partial charge in [0.05, 0.1) is 42.2 Å². The molecule has 141 heavy (non-hydrogen) atoms. The van der Waals surface area contributed by atoms with E-state index in [4.69, 9.17) is 0 Å². The van der Waals surface area contributed by atoms with Crippen LogP contribution >= 0.6 is 0 Å². The maximum absolute atomic E-state index is 2.47. The Morgan fingerprint density at radius 2 is 0.645 bits per heavy atom. The molecular weight excluding hydrogens is 1720 g/mol. The Hall–Kier alpha value is -12.2. The Morgan fingerprint density at radius 3 is 1.12 bits per heavy atom. The van der Waals surface area contributed by atoms with Crippen molar-refractivity contribution in [2.45, 2.75) is 333 Å². The highest BCUT2D eigenvalue weighted by Gasteiger charge is 2.37. The van der Waals surface area contributed by atoms with Crippen LogP contribution in [0.15, 0.2) is 298 Å². The van der Waals surface area contributed by atoms with Crippen molar-refractivity contribution in [3.8, 4) is 22.6 Å². The summed E-state index contributed by atoms with van der Waals surface area (Å²) in [6.07, 6.45) is 15.9. The van der Waals surface area contributed by atoms with E-state index in [9.17, 15) is 0 Å². The number of fused-ring (bicyclic) bond motifs is 16. The molecule has 15 aromatic rings. The first-order valence-electron chi connectivity index (χ1n) is 51.6. The van der Waals surface area contributed by atoms with Crippen LogP contribution in [0, 0.1) is 41.5 Å². The van der Waals surface area contributed by atoms with Gasteiger partial charge in [0.25, 0.3) is 5.82 Å². The highest BCUT2D eigenvalue weighted by Crippen LogP contribution is 2.50. The fourth-order valence-corrected chi connectivity index (χ4v) is 15.6. The first-order valence-corrected chi connectivity index (χ1v) is 51.6. The second-order valence-corrected chi connectivity index (χ2v) is 28.2. The van der Waals surface area contributed by atoms with Gasteiger partial charge in [-0.25, -0.2) is 4.57 Å². The Balaban J connectivity index is -0.000000237. The number of para-hydroxylation sites is 9. The fraction of sp³-hybridized carbons (Fsp3) is 0.419. The zero-order valence-electron chi connectivity index (χ0n) is 93.4. The van der Waals surface area contributed by atoms with Crippen molar-refractivity contribution in [1.82, 2.24) is 23.6 Å². The number of nitrogens with zero attached hydrogens (tertiary/aromatic N) is 12. The van der Waals surface area contributed by atoms with Gasteiger partial charge in [-0.15, -0.1) is 18.6 Å². The quantitative estimate of drug-likeness (QED) is 0.129. The number of aryl methyl sites for hydroxylation is 9. The van der Waals surface area contributed by atoms with Gasteiger partial charge in [0.2, 0.25) is 0 Å². The molecule has 0 amide bonds. The molecule has 0 bridgehead atoms. The lowest BCUT2D eigenvalue weighted by Gasteiger charge is -2.36. The van der Waals surface area contributed by atoms with Gasteiger partial charge in [-0.2, -0.15) is 4.57 Å². The highest BCUT2D eigenvalue weighted by molar-refractivity contribution is 6.13. The minimum Gasteiger partial charge on any atom is -0.359 e. The predicted octanol–water partition coefficient (Wildman–Crippen LogP) is 38.7. The van der Waals surface area contributed by atoms with E-state index in [0.29, 0.717) is 18.5 Å². The van der Waals surface area contributed by atoms with Crippen molar-refractivity contribution >= 4 is 83.1 Å².